The number of rotatable bonds is 9. The van der Waals surface area contributed by atoms with E-state index in [2.05, 4.69) is 27.7 Å². The first kappa shape index (κ1) is 20.9. The van der Waals surface area contributed by atoms with Crippen LogP contribution in [0.15, 0.2) is 12.3 Å². The molecule has 8 heteroatoms. The lowest BCUT2D eigenvalue weighted by molar-refractivity contribution is 0.0944. The van der Waals surface area contributed by atoms with Gasteiger partial charge in [-0.05, 0) is 45.5 Å². The SMILES string of the molecule is COCCN(C)CCCNC(=O)c1ccn(C2CCCNC2)n1.Cl. The van der Waals surface area contributed by atoms with E-state index in [0.717, 1.165) is 52.0 Å². The van der Waals surface area contributed by atoms with Crippen LogP contribution in [0.3, 0.4) is 0 Å². The van der Waals surface area contributed by atoms with E-state index in [1.165, 1.54) is 0 Å². The maximum atomic E-state index is 12.1. The number of ether oxygens (including phenoxy) is 1. The minimum atomic E-state index is -0.0907. The van der Waals surface area contributed by atoms with E-state index < -0.39 is 0 Å². The third-order valence-corrected chi connectivity index (χ3v) is 4.17. The average molecular weight is 360 g/mol. The Kier molecular flexibility index (Phi) is 9.94. The first-order chi connectivity index (χ1) is 11.2. The van der Waals surface area contributed by atoms with Gasteiger partial charge in [-0.15, -0.1) is 12.4 Å². The summed E-state index contributed by atoms with van der Waals surface area (Å²) in [7, 11) is 3.76. The molecule has 1 fully saturated rings. The maximum absolute atomic E-state index is 12.1. The molecule has 0 aliphatic carbocycles. The number of carbonyl (C=O) groups excluding carboxylic acids is 1. The summed E-state index contributed by atoms with van der Waals surface area (Å²) in [6, 6.07) is 2.16. The van der Waals surface area contributed by atoms with Gasteiger partial charge in [0.2, 0.25) is 0 Å². The van der Waals surface area contributed by atoms with E-state index in [-0.39, 0.29) is 18.3 Å². The third kappa shape index (κ3) is 6.76. The molecule has 1 atom stereocenters. The van der Waals surface area contributed by atoms with Crippen LogP contribution in [0.4, 0.5) is 0 Å². The number of aromatic nitrogens is 2. The highest BCUT2D eigenvalue weighted by Gasteiger charge is 2.17. The summed E-state index contributed by atoms with van der Waals surface area (Å²) in [4.78, 5) is 14.3. The second kappa shape index (κ2) is 11.4. The zero-order valence-corrected chi connectivity index (χ0v) is 15.5. The van der Waals surface area contributed by atoms with Crippen molar-refractivity contribution in [2.45, 2.75) is 25.3 Å². The topological polar surface area (TPSA) is 71.4 Å². The number of hydrogen-bond acceptors (Lipinski definition) is 5. The molecule has 1 amide bonds. The van der Waals surface area contributed by atoms with Crippen molar-refractivity contribution in [2.24, 2.45) is 0 Å². The quantitative estimate of drug-likeness (QED) is 0.642. The molecule has 2 N–H and O–H groups in total. The van der Waals surface area contributed by atoms with E-state index in [4.69, 9.17) is 4.74 Å². The van der Waals surface area contributed by atoms with Crippen molar-refractivity contribution < 1.29 is 9.53 Å². The molecular weight excluding hydrogens is 330 g/mol. The molecule has 24 heavy (non-hydrogen) atoms. The molecule has 138 valence electrons. The highest BCUT2D eigenvalue weighted by atomic mass is 35.5. The fourth-order valence-electron chi connectivity index (χ4n) is 2.72. The highest BCUT2D eigenvalue weighted by Crippen LogP contribution is 2.15. The zero-order chi connectivity index (χ0) is 16.5. The molecule has 1 aliphatic rings. The van der Waals surface area contributed by atoms with Gasteiger partial charge in [-0.3, -0.25) is 9.48 Å². The summed E-state index contributed by atoms with van der Waals surface area (Å²) in [6.45, 7) is 5.24. The van der Waals surface area contributed by atoms with Gasteiger partial charge in [0.05, 0.1) is 12.6 Å². The van der Waals surface area contributed by atoms with Gasteiger partial charge in [0.1, 0.15) is 5.69 Å². The van der Waals surface area contributed by atoms with Crippen molar-refractivity contribution in [1.82, 2.24) is 25.3 Å². The van der Waals surface area contributed by atoms with Crippen LogP contribution >= 0.6 is 12.4 Å². The summed E-state index contributed by atoms with van der Waals surface area (Å²) in [6.07, 6.45) is 5.09. The van der Waals surface area contributed by atoms with Crippen LogP contribution in [-0.2, 0) is 4.74 Å². The molecule has 0 spiro atoms. The smallest absolute Gasteiger partial charge is 0.271 e. The van der Waals surface area contributed by atoms with Crippen LogP contribution < -0.4 is 10.6 Å². The Morgan fingerprint density at radius 2 is 2.38 bits per heavy atom. The molecule has 2 heterocycles. The zero-order valence-electron chi connectivity index (χ0n) is 14.7. The van der Waals surface area contributed by atoms with Gasteiger partial charge >= 0.3 is 0 Å². The Hall–Kier alpha value is -1.15. The number of hydrogen-bond donors (Lipinski definition) is 2. The second-order valence-corrected chi connectivity index (χ2v) is 6.09. The van der Waals surface area contributed by atoms with Gasteiger partial charge in [0, 0.05) is 32.9 Å². The number of nitrogens with zero attached hydrogens (tertiary/aromatic N) is 3. The van der Waals surface area contributed by atoms with Crippen LogP contribution in [0.2, 0.25) is 0 Å². The van der Waals surface area contributed by atoms with Gasteiger partial charge in [-0.2, -0.15) is 5.10 Å². The Morgan fingerprint density at radius 1 is 1.54 bits per heavy atom. The number of piperidine rings is 1. The van der Waals surface area contributed by atoms with Gasteiger partial charge in [-0.1, -0.05) is 0 Å². The maximum Gasteiger partial charge on any atom is 0.271 e. The second-order valence-electron chi connectivity index (χ2n) is 6.09. The third-order valence-electron chi connectivity index (χ3n) is 4.17. The van der Waals surface area contributed by atoms with Crippen LogP contribution in [0.5, 0.6) is 0 Å². The van der Waals surface area contributed by atoms with E-state index in [0.29, 0.717) is 18.3 Å². The van der Waals surface area contributed by atoms with E-state index in [1.54, 1.807) is 13.2 Å². The molecule has 1 aromatic rings. The molecule has 1 unspecified atom stereocenters. The predicted molar refractivity (Wildman–Crippen MR) is 96.9 cm³/mol. The lowest BCUT2D eigenvalue weighted by Gasteiger charge is -2.22. The minimum absolute atomic E-state index is 0. The normalized spacial score (nSPS) is 17.5. The Balaban J connectivity index is 0.00000288. The van der Waals surface area contributed by atoms with Crippen molar-refractivity contribution in [2.75, 3.05) is 53.5 Å². The van der Waals surface area contributed by atoms with Crippen molar-refractivity contribution >= 4 is 18.3 Å². The van der Waals surface area contributed by atoms with Crippen LogP contribution in [-0.4, -0.2) is 74.1 Å². The lowest BCUT2D eigenvalue weighted by Crippen LogP contribution is -2.32. The molecular formula is C16H30ClN5O2. The molecule has 0 radical (unpaired) electrons. The fraction of sp³-hybridized carbons (Fsp3) is 0.750. The van der Waals surface area contributed by atoms with Gasteiger partial charge in [0.15, 0.2) is 0 Å². The molecule has 2 rings (SSSR count). The summed E-state index contributed by atoms with van der Waals surface area (Å²) in [5.74, 6) is -0.0907. The van der Waals surface area contributed by atoms with E-state index >= 15 is 0 Å². The molecule has 1 aliphatic heterocycles. The largest absolute Gasteiger partial charge is 0.383 e. The monoisotopic (exact) mass is 359 g/mol. The molecule has 0 saturated carbocycles. The average Bonchev–Trinajstić information content (AvgIpc) is 3.07. The standard InChI is InChI=1S/C16H29N5O2.ClH/c1-20(11-12-23-2)9-4-8-18-16(22)15-6-10-21(19-15)14-5-3-7-17-13-14;/h6,10,14,17H,3-5,7-9,11-13H2,1-2H3,(H,18,22);1H. The molecule has 0 bridgehead atoms. The highest BCUT2D eigenvalue weighted by molar-refractivity contribution is 5.92. The summed E-state index contributed by atoms with van der Waals surface area (Å²) >= 11 is 0. The van der Waals surface area contributed by atoms with Crippen molar-refractivity contribution in [1.29, 1.82) is 0 Å². The van der Waals surface area contributed by atoms with Crippen molar-refractivity contribution in [3.05, 3.63) is 18.0 Å². The molecule has 0 aromatic carbocycles. The minimum Gasteiger partial charge on any atom is -0.383 e. The molecule has 7 nitrogen and oxygen atoms in total. The Morgan fingerprint density at radius 3 is 3.08 bits per heavy atom. The first-order valence-corrected chi connectivity index (χ1v) is 8.42. The Bertz CT molecular complexity index is 477. The number of halogens is 1. The summed E-state index contributed by atoms with van der Waals surface area (Å²) in [5.41, 5.74) is 0.503. The number of nitrogens with one attached hydrogen (secondary N) is 2. The van der Waals surface area contributed by atoms with Gasteiger partial charge in [0.25, 0.3) is 5.91 Å². The molecule has 1 aromatic heterocycles. The van der Waals surface area contributed by atoms with Gasteiger partial charge in [-0.25, -0.2) is 0 Å². The van der Waals surface area contributed by atoms with Crippen LogP contribution in [0.1, 0.15) is 35.8 Å². The van der Waals surface area contributed by atoms with Gasteiger partial charge < -0.3 is 20.3 Å². The van der Waals surface area contributed by atoms with Crippen LogP contribution in [0, 0.1) is 0 Å². The lowest BCUT2D eigenvalue weighted by atomic mass is 10.1. The van der Waals surface area contributed by atoms with E-state index in [1.807, 2.05) is 10.9 Å². The molecule has 1 saturated heterocycles. The number of amides is 1. The summed E-state index contributed by atoms with van der Waals surface area (Å²) in [5, 5.41) is 10.7. The van der Waals surface area contributed by atoms with Crippen LogP contribution in [0.25, 0.3) is 0 Å². The summed E-state index contributed by atoms with van der Waals surface area (Å²) < 4.78 is 6.96. The van der Waals surface area contributed by atoms with Crippen molar-refractivity contribution in [3.63, 3.8) is 0 Å². The van der Waals surface area contributed by atoms with Crippen molar-refractivity contribution in [3.8, 4) is 0 Å². The number of methoxy groups -OCH3 is 1. The Labute approximate surface area is 150 Å². The van der Waals surface area contributed by atoms with E-state index in [9.17, 15) is 4.79 Å². The fourth-order valence-corrected chi connectivity index (χ4v) is 2.72. The number of likely N-dealkylation sites (N-methyl/N-ethyl adjacent to an activating group) is 1. The predicted octanol–water partition coefficient (Wildman–Crippen LogP) is 0.927. The first-order valence-electron chi connectivity index (χ1n) is 8.42. The number of carbonyl (C=O) groups is 1.